The van der Waals surface area contributed by atoms with Gasteiger partial charge in [0.25, 0.3) is 0 Å². The normalized spacial score (nSPS) is 12.3. The fraction of sp³-hybridized carbons (Fsp3) is 0.143. The minimum atomic E-state index is -0.897. The highest BCUT2D eigenvalue weighted by Crippen LogP contribution is 2.36. The molecule has 2 rings (SSSR count). The second kappa shape index (κ2) is 6.72. The Kier molecular flexibility index (Phi) is 5.44. The van der Waals surface area contributed by atoms with Crippen molar-refractivity contribution < 1.29 is 14.2 Å². The molecule has 1 unspecified atom stereocenters. The Morgan fingerprint density at radius 3 is 2.55 bits per heavy atom. The first-order chi connectivity index (χ1) is 9.43. The molecular formula is C14H10Br2FIO2. The Morgan fingerprint density at radius 2 is 1.90 bits per heavy atom. The summed E-state index contributed by atoms with van der Waals surface area (Å²) in [6, 6.07) is 8.43. The molecule has 0 fully saturated rings. The summed E-state index contributed by atoms with van der Waals surface area (Å²) in [7, 11) is 1.45. The third kappa shape index (κ3) is 3.35. The van der Waals surface area contributed by atoms with Crippen LogP contribution >= 0.6 is 54.5 Å². The summed E-state index contributed by atoms with van der Waals surface area (Å²) in [5, 5.41) is 10.6. The van der Waals surface area contributed by atoms with E-state index < -0.39 is 11.9 Å². The van der Waals surface area contributed by atoms with E-state index in [0.717, 1.165) is 13.6 Å². The van der Waals surface area contributed by atoms with Crippen molar-refractivity contribution in [1.29, 1.82) is 0 Å². The molecule has 106 valence electrons. The van der Waals surface area contributed by atoms with Crippen LogP contribution in [0.15, 0.2) is 39.3 Å². The maximum atomic E-state index is 13.5. The predicted molar refractivity (Wildman–Crippen MR) is 91.6 cm³/mol. The van der Waals surface area contributed by atoms with Gasteiger partial charge in [0.1, 0.15) is 17.7 Å². The van der Waals surface area contributed by atoms with Gasteiger partial charge in [0, 0.05) is 19.7 Å². The van der Waals surface area contributed by atoms with Gasteiger partial charge in [0.2, 0.25) is 0 Å². The van der Waals surface area contributed by atoms with Gasteiger partial charge in [0.05, 0.1) is 11.6 Å². The summed E-state index contributed by atoms with van der Waals surface area (Å²) in [5.74, 6) is -0.115. The van der Waals surface area contributed by atoms with Gasteiger partial charge in [-0.3, -0.25) is 0 Å². The number of methoxy groups -OCH3 is 1. The molecule has 0 bridgehead atoms. The minimum absolute atomic E-state index is 0.289. The minimum Gasteiger partial charge on any atom is -0.496 e. The lowest BCUT2D eigenvalue weighted by molar-refractivity contribution is 0.213. The zero-order valence-corrected chi connectivity index (χ0v) is 15.7. The largest absolute Gasteiger partial charge is 0.496 e. The lowest BCUT2D eigenvalue weighted by Crippen LogP contribution is -2.05. The molecule has 0 saturated heterocycles. The van der Waals surface area contributed by atoms with Gasteiger partial charge in [0.15, 0.2) is 0 Å². The van der Waals surface area contributed by atoms with Crippen molar-refractivity contribution in [2.45, 2.75) is 6.10 Å². The Bertz CT molecular complexity index is 649. The van der Waals surface area contributed by atoms with Crippen molar-refractivity contribution in [1.82, 2.24) is 0 Å². The summed E-state index contributed by atoms with van der Waals surface area (Å²) in [6.45, 7) is 0. The number of rotatable bonds is 3. The Hall–Kier alpha value is -0.180. The molecule has 0 aliphatic rings. The summed E-state index contributed by atoms with van der Waals surface area (Å²) < 4.78 is 20.8. The van der Waals surface area contributed by atoms with Gasteiger partial charge in [-0.05, 0) is 68.3 Å². The Morgan fingerprint density at radius 1 is 1.20 bits per heavy atom. The van der Waals surface area contributed by atoms with Crippen LogP contribution in [0, 0.1) is 9.39 Å². The van der Waals surface area contributed by atoms with Crippen LogP contribution in [0.5, 0.6) is 5.75 Å². The van der Waals surface area contributed by atoms with Crippen molar-refractivity contribution in [2.24, 2.45) is 0 Å². The van der Waals surface area contributed by atoms with Crippen molar-refractivity contribution in [3.05, 3.63) is 59.8 Å². The Balaban J connectivity index is 2.55. The number of ether oxygens (including phenoxy) is 1. The third-order valence-corrected chi connectivity index (χ3v) is 4.90. The van der Waals surface area contributed by atoms with Crippen LogP contribution in [0.1, 0.15) is 17.2 Å². The second-order valence-electron chi connectivity index (χ2n) is 4.08. The van der Waals surface area contributed by atoms with Gasteiger partial charge in [-0.1, -0.05) is 15.9 Å². The van der Waals surface area contributed by atoms with E-state index in [0.29, 0.717) is 11.3 Å². The molecule has 2 nitrogen and oxygen atoms in total. The van der Waals surface area contributed by atoms with Crippen LogP contribution in [0.25, 0.3) is 0 Å². The van der Waals surface area contributed by atoms with Crippen molar-refractivity contribution >= 4 is 54.5 Å². The molecule has 2 aromatic carbocycles. The van der Waals surface area contributed by atoms with E-state index in [9.17, 15) is 9.50 Å². The zero-order valence-electron chi connectivity index (χ0n) is 10.3. The molecule has 0 radical (unpaired) electrons. The van der Waals surface area contributed by atoms with Crippen LogP contribution in [0.4, 0.5) is 4.39 Å². The summed E-state index contributed by atoms with van der Waals surface area (Å²) in [6.07, 6.45) is -0.897. The topological polar surface area (TPSA) is 29.5 Å². The molecule has 0 aliphatic carbocycles. The van der Waals surface area contributed by atoms with E-state index in [2.05, 4.69) is 54.5 Å². The monoisotopic (exact) mass is 514 g/mol. The first-order valence-corrected chi connectivity index (χ1v) is 8.26. The first-order valence-electron chi connectivity index (χ1n) is 5.60. The lowest BCUT2D eigenvalue weighted by atomic mass is 10.0. The molecule has 6 heteroatoms. The van der Waals surface area contributed by atoms with E-state index in [1.165, 1.54) is 19.2 Å². The van der Waals surface area contributed by atoms with Gasteiger partial charge < -0.3 is 9.84 Å². The molecule has 0 saturated carbocycles. The average molecular weight is 516 g/mol. The van der Waals surface area contributed by atoms with Crippen LogP contribution in [0.2, 0.25) is 0 Å². The number of benzene rings is 2. The quantitative estimate of drug-likeness (QED) is 0.580. The van der Waals surface area contributed by atoms with Gasteiger partial charge >= 0.3 is 0 Å². The molecule has 0 amide bonds. The van der Waals surface area contributed by atoms with E-state index in [-0.39, 0.29) is 4.47 Å². The van der Waals surface area contributed by atoms with Gasteiger partial charge in [-0.25, -0.2) is 4.39 Å². The first kappa shape index (κ1) is 16.2. The molecule has 2 aromatic rings. The predicted octanol–water partition coefficient (Wildman–Crippen LogP) is 5.05. The number of aliphatic hydroxyl groups is 1. The zero-order chi connectivity index (χ0) is 14.9. The highest BCUT2D eigenvalue weighted by atomic mass is 127. The molecule has 0 aromatic heterocycles. The van der Waals surface area contributed by atoms with Crippen LogP contribution < -0.4 is 4.74 Å². The lowest BCUT2D eigenvalue weighted by Gasteiger charge is -2.17. The number of hydrogen-bond donors (Lipinski definition) is 1. The number of hydrogen-bond acceptors (Lipinski definition) is 2. The standard InChI is InChI=1S/C14H10Br2FIO2/c1-20-13-6-11(17)10(16)5-9(13)14(19)8-4-7(15)2-3-12(8)18/h2-6,14,19H,1H3. The van der Waals surface area contributed by atoms with Gasteiger partial charge in [-0.15, -0.1) is 0 Å². The molecule has 1 N–H and O–H groups in total. The SMILES string of the molecule is COc1cc(F)c(Br)cc1C(O)c1cc(Br)ccc1I. The van der Waals surface area contributed by atoms with Gasteiger partial charge in [-0.2, -0.15) is 0 Å². The fourth-order valence-electron chi connectivity index (χ4n) is 1.83. The van der Waals surface area contributed by atoms with Crippen LogP contribution in [-0.2, 0) is 0 Å². The van der Waals surface area contributed by atoms with Crippen molar-refractivity contribution in [3.8, 4) is 5.75 Å². The van der Waals surface area contributed by atoms with Crippen molar-refractivity contribution in [3.63, 3.8) is 0 Å². The molecule has 0 spiro atoms. The number of halogens is 4. The molecular weight excluding hydrogens is 506 g/mol. The summed E-state index contributed by atoms with van der Waals surface area (Å²) in [5.41, 5.74) is 1.24. The molecule has 20 heavy (non-hydrogen) atoms. The number of aliphatic hydroxyl groups excluding tert-OH is 1. The van der Waals surface area contributed by atoms with Crippen LogP contribution in [0.3, 0.4) is 0 Å². The maximum absolute atomic E-state index is 13.5. The molecule has 0 heterocycles. The summed E-state index contributed by atoms with van der Waals surface area (Å²) in [4.78, 5) is 0. The van der Waals surface area contributed by atoms with E-state index in [1.54, 1.807) is 0 Å². The Labute approximate surface area is 146 Å². The van der Waals surface area contributed by atoms with Crippen molar-refractivity contribution in [2.75, 3.05) is 7.11 Å². The molecule has 0 aliphatic heterocycles. The summed E-state index contributed by atoms with van der Waals surface area (Å²) >= 11 is 8.67. The smallest absolute Gasteiger partial charge is 0.141 e. The third-order valence-electron chi connectivity index (χ3n) is 2.82. The van der Waals surface area contributed by atoms with E-state index in [1.807, 2.05) is 18.2 Å². The highest BCUT2D eigenvalue weighted by molar-refractivity contribution is 14.1. The fourth-order valence-corrected chi connectivity index (χ4v) is 3.20. The highest BCUT2D eigenvalue weighted by Gasteiger charge is 2.20. The maximum Gasteiger partial charge on any atom is 0.141 e. The molecule has 1 atom stereocenters. The second-order valence-corrected chi connectivity index (χ2v) is 7.01. The van der Waals surface area contributed by atoms with Crippen LogP contribution in [-0.4, -0.2) is 12.2 Å². The van der Waals surface area contributed by atoms with E-state index in [4.69, 9.17) is 4.74 Å². The average Bonchev–Trinajstić information content (AvgIpc) is 2.43. The van der Waals surface area contributed by atoms with E-state index >= 15 is 0 Å².